The van der Waals surface area contributed by atoms with Crippen molar-refractivity contribution >= 4 is 5.57 Å². The molecular formula is C7H5N3. The first-order chi connectivity index (χ1) is 4.84. The lowest BCUT2D eigenvalue weighted by molar-refractivity contribution is 1.15. The van der Waals surface area contributed by atoms with Crippen molar-refractivity contribution in [3.8, 4) is 6.07 Å². The lowest BCUT2D eigenvalue weighted by Crippen LogP contribution is -1.82. The van der Waals surface area contributed by atoms with E-state index in [0.29, 0.717) is 11.1 Å². The van der Waals surface area contributed by atoms with Crippen LogP contribution in [0.1, 0.15) is 5.56 Å². The summed E-state index contributed by atoms with van der Waals surface area (Å²) in [6.45, 7) is 3.50. The molecule has 0 saturated heterocycles. The number of rotatable bonds is 1. The summed E-state index contributed by atoms with van der Waals surface area (Å²) in [5, 5.41) is 8.38. The van der Waals surface area contributed by atoms with Crippen molar-refractivity contribution in [3.05, 3.63) is 30.9 Å². The van der Waals surface area contributed by atoms with Gasteiger partial charge in [-0.25, -0.2) is 9.97 Å². The molecule has 0 amide bonds. The maximum absolute atomic E-state index is 8.38. The summed E-state index contributed by atoms with van der Waals surface area (Å²) >= 11 is 0. The van der Waals surface area contributed by atoms with E-state index in [-0.39, 0.29) is 0 Å². The quantitative estimate of drug-likeness (QED) is 0.534. The van der Waals surface area contributed by atoms with Crippen LogP contribution in [0.25, 0.3) is 5.57 Å². The lowest BCUT2D eigenvalue weighted by atomic mass is 10.2. The van der Waals surface area contributed by atoms with Gasteiger partial charge in [0, 0.05) is 18.0 Å². The highest BCUT2D eigenvalue weighted by Gasteiger charge is 1.94. The molecule has 0 bridgehead atoms. The van der Waals surface area contributed by atoms with Crippen molar-refractivity contribution in [3.63, 3.8) is 0 Å². The smallest absolute Gasteiger partial charge is 0.115 e. The van der Waals surface area contributed by atoms with Gasteiger partial charge in [-0.15, -0.1) is 0 Å². The summed E-state index contributed by atoms with van der Waals surface area (Å²) in [4.78, 5) is 7.46. The van der Waals surface area contributed by atoms with Crippen molar-refractivity contribution in [1.82, 2.24) is 9.97 Å². The summed E-state index contributed by atoms with van der Waals surface area (Å²) in [5.74, 6) is 0. The normalized spacial score (nSPS) is 8.30. The Morgan fingerprint density at radius 1 is 1.50 bits per heavy atom. The van der Waals surface area contributed by atoms with Gasteiger partial charge in [-0.05, 0) is 0 Å². The molecule has 1 rings (SSSR count). The molecule has 0 aliphatic rings. The summed E-state index contributed by atoms with van der Waals surface area (Å²) in [6, 6.07) is 1.91. The van der Waals surface area contributed by atoms with Crippen molar-refractivity contribution in [2.24, 2.45) is 0 Å². The van der Waals surface area contributed by atoms with Crippen LogP contribution < -0.4 is 0 Å². The molecule has 0 aromatic carbocycles. The highest BCUT2D eigenvalue weighted by atomic mass is 14.8. The van der Waals surface area contributed by atoms with Crippen LogP contribution in [0.2, 0.25) is 0 Å². The van der Waals surface area contributed by atoms with Crippen LogP contribution >= 0.6 is 0 Å². The third-order valence-electron chi connectivity index (χ3n) is 1.04. The van der Waals surface area contributed by atoms with E-state index >= 15 is 0 Å². The molecule has 0 unspecified atom stereocenters. The molecule has 1 aromatic heterocycles. The fourth-order valence-electron chi connectivity index (χ4n) is 0.519. The summed E-state index contributed by atoms with van der Waals surface area (Å²) in [7, 11) is 0. The first-order valence-electron chi connectivity index (χ1n) is 2.69. The Morgan fingerprint density at radius 2 is 2.10 bits per heavy atom. The van der Waals surface area contributed by atoms with E-state index in [1.54, 1.807) is 12.4 Å². The second-order valence-corrected chi connectivity index (χ2v) is 1.72. The topological polar surface area (TPSA) is 49.6 Å². The summed E-state index contributed by atoms with van der Waals surface area (Å²) < 4.78 is 0. The Balaban J connectivity index is 2.99. The van der Waals surface area contributed by atoms with Crippen LogP contribution in [-0.2, 0) is 0 Å². The minimum atomic E-state index is 0.389. The minimum absolute atomic E-state index is 0.389. The average Bonchev–Trinajstić information content (AvgIpc) is 2.05. The van der Waals surface area contributed by atoms with Crippen LogP contribution in [0.3, 0.4) is 0 Å². The zero-order valence-corrected chi connectivity index (χ0v) is 5.28. The molecule has 0 N–H and O–H groups in total. The minimum Gasteiger partial charge on any atom is -0.244 e. The van der Waals surface area contributed by atoms with E-state index in [2.05, 4.69) is 16.5 Å². The van der Waals surface area contributed by atoms with Gasteiger partial charge in [-0.1, -0.05) is 6.58 Å². The Bertz CT molecular complexity index is 271. The van der Waals surface area contributed by atoms with Crippen LogP contribution in [0.5, 0.6) is 0 Å². The maximum Gasteiger partial charge on any atom is 0.115 e. The van der Waals surface area contributed by atoms with Gasteiger partial charge in [-0.2, -0.15) is 5.26 Å². The number of nitriles is 1. The predicted octanol–water partition coefficient (Wildman–Crippen LogP) is 1.01. The highest BCUT2D eigenvalue weighted by molar-refractivity contribution is 5.73. The van der Waals surface area contributed by atoms with E-state index in [0.717, 1.165) is 0 Å². The van der Waals surface area contributed by atoms with Crippen molar-refractivity contribution in [2.45, 2.75) is 0 Å². The van der Waals surface area contributed by atoms with E-state index in [1.807, 2.05) is 6.07 Å². The van der Waals surface area contributed by atoms with Gasteiger partial charge in [0.2, 0.25) is 0 Å². The zero-order valence-electron chi connectivity index (χ0n) is 5.28. The first kappa shape index (κ1) is 6.43. The Kier molecular flexibility index (Phi) is 1.76. The molecule has 1 aromatic rings. The standard InChI is InChI=1S/C7H5N3/c1-6(2-8)7-3-9-5-10-4-7/h3-5H,1H2. The monoisotopic (exact) mass is 131 g/mol. The molecule has 0 fully saturated rings. The molecule has 0 atom stereocenters. The average molecular weight is 131 g/mol. The number of aromatic nitrogens is 2. The van der Waals surface area contributed by atoms with Gasteiger partial charge >= 0.3 is 0 Å². The molecular weight excluding hydrogens is 126 g/mol. The molecule has 0 radical (unpaired) electrons. The number of allylic oxidation sites excluding steroid dienone is 1. The van der Waals surface area contributed by atoms with Crippen molar-refractivity contribution < 1.29 is 0 Å². The van der Waals surface area contributed by atoms with Gasteiger partial charge in [0.15, 0.2) is 0 Å². The van der Waals surface area contributed by atoms with E-state index in [1.165, 1.54) is 6.33 Å². The van der Waals surface area contributed by atoms with E-state index in [4.69, 9.17) is 5.26 Å². The lowest BCUT2D eigenvalue weighted by Gasteiger charge is -1.90. The SMILES string of the molecule is C=C(C#N)c1cncnc1. The molecule has 3 heteroatoms. The molecule has 1 heterocycles. The van der Waals surface area contributed by atoms with Gasteiger partial charge in [-0.3, -0.25) is 0 Å². The largest absolute Gasteiger partial charge is 0.244 e. The van der Waals surface area contributed by atoms with Gasteiger partial charge < -0.3 is 0 Å². The maximum atomic E-state index is 8.38. The molecule has 48 valence electrons. The van der Waals surface area contributed by atoms with Crippen LogP contribution in [0.15, 0.2) is 25.3 Å². The second kappa shape index (κ2) is 2.74. The third-order valence-corrected chi connectivity index (χ3v) is 1.04. The molecule has 0 saturated carbocycles. The van der Waals surface area contributed by atoms with Crippen LogP contribution in [0.4, 0.5) is 0 Å². The Labute approximate surface area is 58.7 Å². The summed E-state index contributed by atoms with van der Waals surface area (Å²) in [5.41, 5.74) is 1.06. The number of nitrogens with zero attached hydrogens (tertiary/aromatic N) is 3. The second-order valence-electron chi connectivity index (χ2n) is 1.72. The predicted molar refractivity (Wildman–Crippen MR) is 36.7 cm³/mol. The van der Waals surface area contributed by atoms with Crippen LogP contribution in [-0.4, -0.2) is 9.97 Å². The van der Waals surface area contributed by atoms with E-state index in [9.17, 15) is 0 Å². The molecule has 0 aliphatic carbocycles. The van der Waals surface area contributed by atoms with E-state index < -0.39 is 0 Å². The van der Waals surface area contributed by atoms with Gasteiger partial charge in [0.25, 0.3) is 0 Å². The molecule has 10 heavy (non-hydrogen) atoms. The first-order valence-corrected chi connectivity index (χ1v) is 2.69. The molecule has 0 spiro atoms. The Morgan fingerprint density at radius 3 is 2.60 bits per heavy atom. The zero-order chi connectivity index (χ0) is 7.40. The van der Waals surface area contributed by atoms with Crippen molar-refractivity contribution in [2.75, 3.05) is 0 Å². The summed E-state index contributed by atoms with van der Waals surface area (Å²) in [6.07, 6.45) is 4.52. The fourth-order valence-corrected chi connectivity index (χ4v) is 0.519. The van der Waals surface area contributed by atoms with Gasteiger partial charge in [0.05, 0.1) is 11.6 Å². The number of hydrogen-bond donors (Lipinski definition) is 0. The van der Waals surface area contributed by atoms with Crippen LogP contribution in [0, 0.1) is 11.3 Å². The third kappa shape index (κ3) is 1.17. The van der Waals surface area contributed by atoms with Crippen molar-refractivity contribution in [1.29, 1.82) is 5.26 Å². The molecule has 0 aliphatic heterocycles. The fraction of sp³-hybridized carbons (Fsp3) is 0. The molecule has 3 nitrogen and oxygen atoms in total. The van der Waals surface area contributed by atoms with Gasteiger partial charge in [0.1, 0.15) is 6.33 Å². The highest BCUT2D eigenvalue weighted by Crippen LogP contribution is 2.05. The Hall–Kier alpha value is -1.69. The number of hydrogen-bond acceptors (Lipinski definition) is 3.